The molecule has 2 N–H and O–H groups in total. The van der Waals surface area contributed by atoms with E-state index in [2.05, 4.69) is 25.1 Å². The lowest BCUT2D eigenvalue weighted by molar-refractivity contribution is -0.117. The van der Waals surface area contributed by atoms with Gasteiger partial charge >= 0.3 is 0 Å². The fourth-order valence-electron chi connectivity index (χ4n) is 2.28. The maximum Gasteiger partial charge on any atom is 0.242 e. The Bertz CT molecular complexity index is 1030. The average Bonchev–Trinajstić information content (AvgIpc) is 3.23. The summed E-state index contributed by atoms with van der Waals surface area (Å²) in [7, 11) is -2.37. The summed E-state index contributed by atoms with van der Waals surface area (Å²) in [6, 6.07) is 8.14. The second-order valence-electron chi connectivity index (χ2n) is 5.75. The van der Waals surface area contributed by atoms with E-state index in [1.165, 1.54) is 61.8 Å². The molecule has 28 heavy (non-hydrogen) atoms. The summed E-state index contributed by atoms with van der Waals surface area (Å²) >= 11 is 0. The van der Waals surface area contributed by atoms with Crippen LogP contribution in [0.25, 0.3) is 5.82 Å². The minimum absolute atomic E-state index is 0.0341. The first-order valence-electron chi connectivity index (χ1n) is 8.17. The standard InChI is InChI=1S/C17H18N6O4S/c1-12(22-28(25,26)15-6-4-14(27-2)5-7-15)17(24)21-13-3-8-16(19-9-13)23-11-18-10-20-23/h3-12,22H,1-2H3,(H,21,24)/t12-/m0/s1. The summed E-state index contributed by atoms with van der Waals surface area (Å²) in [5.41, 5.74) is 0.421. The molecular weight excluding hydrogens is 384 g/mol. The highest BCUT2D eigenvalue weighted by molar-refractivity contribution is 7.89. The van der Waals surface area contributed by atoms with Crippen LogP contribution in [0.2, 0.25) is 0 Å². The van der Waals surface area contributed by atoms with Gasteiger partial charge in [-0.05, 0) is 43.3 Å². The zero-order chi connectivity index (χ0) is 20.1. The Hall–Kier alpha value is -3.31. The van der Waals surface area contributed by atoms with Gasteiger partial charge in [-0.25, -0.2) is 23.1 Å². The van der Waals surface area contributed by atoms with Gasteiger partial charge in [-0.2, -0.15) is 9.82 Å². The summed E-state index contributed by atoms with van der Waals surface area (Å²) < 4.78 is 33.6. The Labute approximate surface area is 161 Å². The number of anilines is 1. The van der Waals surface area contributed by atoms with Crippen LogP contribution in [-0.4, -0.2) is 47.2 Å². The van der Waals surface area contributed by atoms with Crippen molar-refractivity contribution in [2.24, 2.45) is 0 Å². The van der Waals surface area contributed by atoms with Gasteiger partial charge in [0.05, 0.1) is 29.9 Å². The molecular formula is C17H18N6O4S. The second-order valence-corrected chi connectivity index (χ2v) is 7.47. The van der Waals surface area contributed by atoms with Gasteiger partial charge in [0.25, 0.3) is 0 Å². The number of sulfonamides is 1. The fourth-order valence-corrected chi connectivity index (χ4v) is 3.48. The maximum absolute atomic E-state index is 12.4. The van der Waals surface area contributed by atoms with Crippen molar-refractivity contribution < 1.29 is 17.9 Å². The molecule has 0 aliphatic rings. The normalized spacial score (nSPS) is 12.4. The number of nitrogens with one attached hydrogen (secondary N) is 2. The molecule has 0 fully saturated rings. The third-order valence-corrected chi connectivity index (χ3v) is 5.32. The SMILES string of the molecule is COc1ccc(S(=O)(=O)N[C@@H](C)C(=O)Nc2ccc(-n3cncn3)nc2)cc1. The van der Waals surface area contributed by atoms with Gasteiger partial charge < -0.3 is 10.1 Å². The van der Waals surface area contributed by atoms with Gasteiger partial charge in [0.2, 0.25) is 15.9 Å². The maximum atomic E-state index is 12.4. The first-order valence-corrected chi connectivity index (χ1v) is 9.65. The number of ether oxygens (including phenoxy) is 1. The van der Waals surface area contributed by atoms with E-state index in [0.29, 0.717) is 17.3 Å². The van der Waals surface area contributed by atoms with Crippen molar-refractivity contribution in [3.8, 4) is 11.6 Å². The molecule has 0 saturated heterocycles. The zero-order valence-electron chi connectivity index (χ0n) is 15.1. The number of hydrogen-bond donors (Lipinski definition) is 2. The van der Waals surface area contributed by atoms with Crippen LogP contribution in [0.15, 0.2) is 60.1 Å². The Morgan fingerprint density at radius 3 is 2.50 bits per heavy atom. The number of benzene rings is 1. The molecule has 0 saturated carbocycles. The molecule has 0 unspecified atom stereocenters. The van der Waals surface area contributed by atoms with Crippen LogP contribution in [0.3, 0.4) is 0 Å². The quantitative estimate of drug-likeness (QED) is 0.603. The van der Waals surface area contributed by atoms with Crippen LogP contribution >= 0.6 is 0 Å². The van der Waals surface area contributed by atoms with E-state index in [4.69, 9.17) is 4.74 Å². The average molecular weight is 402 g/mol. The number of amides is 1. The predicted molar refractivity (Wildman–Crippen MR) is 101 cm³/mol. The van der Waals surface area contributed by atoms with Crippen LogP contribution in [0.1, 0.15) is 6.92 Å². The van der Waals surface area contributed by atoms with Crippen molar-refractivity contribution >= 4 is 21.6 Å². The fraction of sp³-hybridized carbons (Fsp3) is 0.176. The zero-order valence-corrected chi connectivity index (χ0v) is 15.9. The molecule has 3 aromatic rings. The number of methoxy groups -OCH3 is 1. The third-order valence-electron chi connectivity index (χ3n) is 3.76. The van der Waals surface area contributed by atoms with E-state index >= 15 is 0 Å². The van der Waals surface area contributed by atoms with Crippen LogP contribution in [-0.2, 0) is 14.8 Å². The molecule has 2 aromatic heterocycles. The number of rotatable bonds is 7. The lowest BCUT2D eigenvalue weighted by Crippen LogP contribution is -2.41. The lowest BCUT2D eigenvalue weighted by atomic mass is 10.3. The van der Waals surface area contributed by atoms with Crippen molar-refractivity contribution in [2.45, 2.75) is 17.9 Å². The number of carbonyl (C=O) groups is 1. The number of hydrogen-bond acceptors (Lipinski definition) is 7. The van der Waals surface area contributed by atoms with E-state index in [9.17, 15) is 13.2 Å². The molecule has 0 radical (unpaired) electrons. The molecule has 0 aliphatic carbocycles. The number of pyridine rings is 1. The van der Waals surface area contributed by atoms with E-state index in [-0.39, 0.29) is 4.90 Å². The summed E-state index contributed by atoms with van der Waals surface area (Å²) in [6.45, 7) is 1.45. The van der Waals surface area contributed by atoms with Crippen molar-refractivity contribution in [3.05, 3.63) is 55.2 Å². The first-order chi connectivity index (χ1) is 13.4. The Morgan fingerprint density at radius 1 is 1.18 bits per heavy atom. The highest BCUT2D eigenvalue weighted by Gasteiger charge is 2.22. The number of carbonyl (C=O) groups excluding carboxylic acids is 1. The third kappa shape index (κ3) is 4.50. The van der Waals surface area contributed by atoms with E-state index in [0.717, 1.165) is 0 Å². The predicted octanol–water partition coefficient (Wildman–Crippen LogP) is 0.976. The molecule has 1 aromatic carbocycles. The highest BCUT2D eigenvalue weighted by Crippen LogP contribution is 2.16. The molecule has 2 heterocycles. The van der Waals surface area contributed by atoms with Gasteiger partial charge in [0.15, 0.2) is 5.82 Å². The molecule has 0 bridgehead atoms. The van der Waals surface area contributed by atoms with Crippen molar-refractivity contribution in [1.29, 1.82) is 0 Å². The molecule has 1 atom stereocenters. The highest BCUT2D eigenvalue weighted by atomic mass is 32.2. The van der Waals surface area contributed by atoms with Crippen LogP contribution in [0.4, 0.5) is 5.69 Å². The molecule has 10 nitrogen and oxygen atoms in total. The Kier molecular flexibility index (Phi) is 5.66. The number of nitrogens with zero attached hydrogens (tertiary/aromatic N) is 4. The van der Waals surface area contributed by atoms with E-state index in [1.807, 2.05) is 0 Å². The van der Waals surface area contributed by atoms with Gasteiger partial charge in [-0.3, -0.25) is 4.79 Å². The number of aromatic nitrogens is 4. The Morgan fingerprint density at radius 2 is 1.93 bits per heavy atom. The lowest BCUT2D eigenvalue weighted by Gasteiger charge is -2.14. The Balaban J connectivity index is 1.63. The molecule has 0 spiro atoms. The smallest absolute Gasteiger partial charge is 0.242 e. The molecule has 146 valence electrons. The van der Waals surface area contributed by atoms with Gasteiger partial charge in [0, 0.05) is 0 Å². The van der Waals surface area contributed by atoms with Crippen LogP contribution in [0.5, 0.6) is 5.75 Å². The van der Waals surface area contributed by atoms with Crippen molar-refractivity contribution in [3.63, 3.8) is 0 Å². The second kappa shape index (κ2) is 8.15. The largest absolute Gasteiger partial charge is 0.497 e. The van der Waals surface area contributed by atoms with Crippen LogP contribution < -0.4 is 14.8 Å². The topological polar surface area (TPSA) is 128 Å². The summed E-state index contributed by atoms with van der Waals surface area (Å²) in [5, 5.41) is 6.57. The van der Waals surface area contributed by atoms with Gasteiger partial charge in [0.1, 0.15) is 18.4 Å². The molecule has 11 heteroatoms. The minimum Gasteiger partial charge on any atom is -0.497 e. The minimum atomic E-state index is -3.86. The van der Waals surface area contributed by atoms with Crippen molar-refractivity contribution in [1.82, 2.24) is 24.5 Å². The molecule has 1 amide bonds. The molecule has 3 rings (SSSR count). The monoisotopic (exact) mass is 402 g/mol. The van der Waals surface area contributed by atoms with Gasteiger partial charge in [-0.15, -0.1) is 0 Å². The summed E-state index contributed by atoms with van der Waals surface area (Å²) in [6.07, 6.45) is 4.32. The summed E-state index contributed by atoms with van der Waals surface area (Å²) in [4.78, 5) is 20.4. The molecule has 0 aliphatic heterocycles. The van der Waals surface area contributed by atoms with E-state index < -0.39 is 22.0 Å². The van der Waals surface area contributed by atoms with E-state index in [1.54, 1.807) is 12.1 Å². The van der Waals surface area contributed by atoms with Gasteiger partial charge in [-0.1, -0.05) is 0 Å². The first kappa shape index (κ1) is 19.5. The summed E-state index contributed by atoms with van der Waals surface area (Å²) in [5.74, 6) is 0.544. The van der Waals surface area contributed by atoms with Crippen LogP contribution in [0, 0.1) is 0 Å². The van der Waals surface area contributed by atoms with Crippen molar-refractivity contribution in [2.75, 3.05) is 12.4 Å².